The van der Waals surface area contributed by atoms with Gasteiger partial charge in [0.05, 0.1) is 48.7 Å². The molecule has 1 N–H and O–H groups in total. The Bertz CT molecular complexity index is 2900. The van der Waals surface area contributed by atoms with Crippen LogP contribution in [0.4, 0.5) is 0 Å². The smallest absolute Gasteiger partial charge is 0.338 e. The average Bonchev–Trinajstić information content (AvgIpc) is 3.47. The highest BCUT2D eigenvalue weighted by Gasteiger charge is 2.57. The van der Waals surface area contributed by atoms with Crippen LogP contribution in [-0.4, -0.2) is 104 Å². The molecule has 2 heterocycles. The number of aliphatic hydroxyl groups excluding tert-OH is 1. The van der Waals surface area contributed by atoms with Crippen LogP contribution < -0.4 is 0 Å². The van der Waals surface area contributed by atoms with Gasteiger partial charge in [-0.1, -0.05) is 164 Å². The SMILES string of the molecule is O=C(OC[C@H]1O[C@@H](O[C@@H]2[C@@H](OCc3ccccc3)[C@H](O)O[C@H](COCc3ccccc3)[C@@H]2OCc2ccccc2)[C@H](OC(=O)c2ccccc2)[C@@H](OC(=O)c2ccccc2)[C@@H]1OC(=O)c1ccccc1)c1ccccc1. The lowest BCUT2D eigenvalue weighted by Gasteiger charge is -2.49. The lowest BCUT2D eigenvalue weighted by molar-refractivity contribution is -0.364. The summed E-state index contributed by atoms with van der Waals surface area (Å²) < 4.78 is 64.7. The Morgan fingerprint density at radius 1 is 0.368 bits per heavy atom. The van der Waals surface area contributed by atoms with E-state index < -0.39 is 91.9 Å². The Kier molecular flexibility index (Phi) is 18.5. The van der Waals surface area contributed by atoms with Gasteiger partial charge in [0.2, 0.25) is 0 Å². The molecular weight excluding hydrogens is 973 g/mol. The van der Waals surface area contributed by atoms with Gasteiger partial charge < -0.3 is 52.5 Å². The Morgan fingerprint density at radius 2 is 0.737 bits per heavy atom. The summed E-state index contributed by atoms with van der Waals surface area (Å²) in [6.45, 7) is -0.534. The number of carbonyl (C=O) groups excluding carboxylic acids is 4. The molecule has 390 valence electrons. The number of benzene rings is 7. The van der Waals surface area contributed by atoms with Crippen molar-refractivity contribution in [2.75, 3.05) is 13.2 Å². The lowest BCUT2D eigenvalue weighted by atomic mass is 9.95. The fourth-order valence-corrected chi connectivity index (χ4v) is 8.76. The highest BCUT2D eigenvalue weighted by Crippen LogP contribution is 2.36. The van der Waals surface area contributed by atoms with Crippen LogP contribution in [0.5, 0.6) is 0 Å². The lowest BCUT2D eigenvalue weighted by Crippen LogP contribution is -2.67. The van der Waals surface area contributed by atoms with Crippen molar-refractivity contribution >= 4 is 23.9 Å². The largest absolute Gasteiger partial charge is 0.459 e. The number of esters is 4. The van der Waals surface area contributed by atoms with Gasteiger partial charge >= 0.3 is 23.9 Å². The van der Waals surface area contributed by atoms with Crippen molar-refractivity contribution in [1.82, 2.24) is 0 Å². The Balaban J connectivity index is 1.15. The van der Waals surface area contributed by atoms with E-state index in [0.717, 1.165) is 16.7 Å². The first-order valence-corrected chi connectivity index (χ1v) is 24.8. The molecule has 7 aromatic carbocycles. The Labute approximate surface area is 439 Å². The number of rotatable bonds is 21. The second kappa shape index (κ2) is 26.6. The second-order valence-corrected chi connectivity index (χ2v) is 17.9. The number of aliphatic hydroxyl groups is 1. The predicted octanol–water partition coefficient (Wildman–Crippen LogP) is 8.74. The summed E-state index contributed by atoms with van der Waals surface area (Å²) in [6.07, 6.45) is -15.0. The van der Waals surface area contributed by atoms with Gasteiger partial charge in [0.15, 0.2) is 30.9 Å². The molecule has 0 aliphatic carbocycles. The fourth-order valence-electron chi connectivity index (χ4n) is 8.76. The molecule has 0 spiro atoms. The third-order valence-corrected chi connectivity index (χ3v) is 12.6. The summed E-state index contributed by atoms with van der Waals surface area (Å²) in [5, 5.41) is 12.1. The van der Waals surface area contributed by atoms with Gasteiger partial charge in [-0.05, 0) is 65.2 Å². The highest BCUT2D eigenvalue weighted by atomic mass is 16.8. The van der Waals surface area contributed by atoms with Crippen molar-refractivity contribution in [3.8, 4) is 0 Å². The topological polar surface area (TPSA) is 181 Å². The first kappa shape index (κ1) is 53.0. The molecule has 10 atom stereocenters. The second-order valence-electron chi connectivity index (χ2n) is 17.9. The van der Waals surface area contributed by atoms with E-state index in [1.54, 1.807) is 84.9 Å². The normalized spacial score (nSPS) is 23.1. The Morgan fingerprint density at radius 3 is 1.20 bits per heavy atom. The van der Waals surface area contributed by atoms with Crippen LogP contribution in [0, 0.1) is 0 Å². The quantitative estimate of drug-likeness (QED) is 0.0533. The minimum Gasteiger partial charge on any atom is -0.459 e. The molecule has 76 heavy (non-hydrogen) atoms. The van der Waals surface area contributed by atoms with E-state index in [0.29, 0.717) is 0 Å². The minimum absolute atomic E-state index is 0.0241. The van der Waals surface area contributed by atoms with Crippen LogP contribution in [0.3, 0.4) is 0 Å². The van der Waals surface area contributed by atoms with Crippen molar-refractivity contribution < 1.29 is 71.7 Å². The van der Waals surface area contributed by atoms with E-state index in [1.165, 1.54) is 36.4 Å². The predicted molar refractivity (Wildman–Crippen MR) is 274 cm³/mol. The third kappa shape index (κ3) is 14.1. The molecule has 7 aromatic rings. The minimum atomic E-state index is -1.79. The standard InChI is InChI=1S/C61H56O15/c62-56(44-28-14-4-15-29-44)70-40-49-51(73-57(63)45-30-16-5-17-31-45)53(74-58(64)46-32-18-6-19-33-46)55(75-59(65)47-34-20-7-21-35-47)61(72-49)76-52-50(68-37-42-24-10-2-11-25-42)48(39-67-36-41-22-8-1-9-23-41)71-60(66)54(52)69-38-43-26-12-3-13-27-43/h1-35,48-55,60-61,66H,36-40H2/t48-,49-,50+,51-,52+,53+,54-,55-,60-,61+/m1/s1. The van der Waals surface area contributed by atoms with Gasteiger partial charge in [0.25, 0.3) is 0 Å². The van der Waals surface area contributed by atoms with Crippen molar-refractivity contribution in [2.24, 2.45) is 0 Å². The van der Waals surface area contributed by atoms with Crippen LogP contribution >= 0.6 is 0 Å². The van der Waals surface area contributed by atoms with Gasteiger partial charge in [-0.15, -0.1) is 0 Å². The highest BCUT2D eigenvalue weighted by molar-refractivity contribution is 5.91. The average molecular weight is 1030 g/mol. The molecule has 0 bridgehead atoms. The van der Waals surface area contributed by atoms with E-state index in [4.69, 9.17) is 47.4 Å². The van der Waals surface area contributed by atoms with Crippen molar-refractivity contribution in [1.29, 1.82) is 0 Å². The third-order valence-electron chi connectivity index (χ3n) is 12.6. The van der Waals surface area contributed by atoms with Crippen LogP contribution in [0.1, 0.15) is 58.1 Å². The van der Waals surface area contributed by atoms with Gasteiger partial charge in [-0.2, -0.15) is 0 Å². The molecule has 15 heteroatoms. The molecule has 2 aliphatic rings. The Hall–Kier alpha value is -7.86. The van der Waals surface area contributed by atoms with Crippen molar-refractivity contribution in [2.45, 2.75) is 81.2 Å². The van der Waals surface area contributed by atoms with E-state index in [-0.39, 0.29) is 48.7 Å². The number of ether oxygens (including phenoxy) is 10. The molecule has 0 saturated carbocycles. The summed E-state index contributed by atoms with van der Waals surface area (Å²) >= 11 is 0. The van der Waals surface area contributed by atoms with E-state index in [1.807, 2.05) is 91.0 Å². The zero-order valence-corrected chi connectivity index (χ0v) is 41.2. The molecule has 0 radical (unpaired) electrons. The van der Waals surface area contributed by atoms with Gasteiger partial charge in [-0.3, -0.25) is 0 Å². The first-order chi connectivity index (χ1) is 37.3. The molecule has 2 fully saturated rings. The molecule has 0 amide bonds. The van der Waals surface area contributed by atoms with Gasteiger partial charge in [0, 0.05) is 0 Å². The number of hydrogen-bond donors (Lipinski definition) is 1. The van der Waals surface area contributed by atoms with E-state index >= 15 is 0 Å². The summed E-state index contributed by atoms with van der Waals surface area (Å²) in [5.41, 5.74) is 2.97. The van der Waals surface area contributed by atoms with E-state index in [9.17, 15) is 24.3 Å². The summed E-state index contributed by atoms with van der Waals surface area (Å²) in [5.74, 6) is -3.40. The van der Waals surface area contributed by atoms with Crippen LogP contribution in [0.25, 0.3) is 0 Å². The molecule has 2 saturated heterocycles. The van der Waals surface area contributed by atoms with Crippen LogP contribution in [0.15, 0.2) is 212 Å². The maximum atomic E-state index is 14.5. The van der Waals surface area contributed by atoms with Crippen LogP contribution in [-0.2, 0) is 67.2 Å². The fraction of sp³-hybridized carbons (Fsp3) is 0.246. The molecule has 2 aliphatic heterocycles. The number of hydrogen-bond acceptors (Lipinski definition) is 15. The maximum Gasteiger partial charge on any atom is 0.338 e. The van der Waals surface area contributed by atoms with E-state index in [2.05, 4.69) is 0 Å². The molecule has 0 aromatic heterocycles. The summed E-state index contributed by atoms with van der Waals surface area (Å²) in [7, 11) is 0. The molecule has 15 nitrogen and oxygen atoms in total. The summed E-state index contributed by atoms with van der Waals surface area (Å²) in [6, 6.07) is 60.5. The van der Waals surface area contributed by atoms with Crippen LogP contribution in [0.2, 0.25) is 0 Å². The zero-order chi connectivity index (χ0) is 52.5. The van der Waals surface area contributed by atoms with Gasteiger partial charge in [0.1, 0.15) is 37.1 Å². The summed E-state index contributed by atoms with van der Waals surface area (Å²) in [4.78, 5) is 56.8. The van der Waals surface area contributed by atoms with Gasteiger partial charge in [-0.25, -0.2) is 19.2 Å². The zero-order valence-electron chi connectivity index (χ0n) is 41.2. The van der Waals surface area contributed by atoms with Crippen molar-refractivity contribution in [3.63, 3.8) is 0 Å². The monoisotopic (exact) mass is 1030 g/mol. The first-order valence-electron chi connectivity index (χ1n) is 24.8. The molecular formula is C61H56O15. The van der Waals surface area contributed by atoms with Crippen molar-refractivity contribution in [3.05, 3.63) is 251 Å². The molecule has 0 unspecified atom stereocenters. The molecule has 9 rings (SSSR count). The maximum absolute atomic E-state index is 14.5. The number of carbonyl (C=O) groups is 4.